The van der Waals surface area contributed by atoms with Crippen LogP contribution in [0.25, 0.3) is 11.1 Å². The standard InChI is InChI=1S/C28H23ClN2O5/c29-19-11-8-16(9-12-19)15-4-6-17(7-5-15)25(32)20-13-10-18(23(20)28(35)36)14-31-26(33)21-2-1-3-22(30)24(21)27(31)34/h1-9,11-12,18,20,23H,10,13-14,30H2,(H,35,36)/t18-,20-,23-/m0/s1. The summed E-state index contributed by atoms with van der Waals surface area (Å²) in [5.74, 6) is -4.65. The maximum absolute atomic E-state index is 13.3. The van der Waals surface area contributed by atoms with Crippen LogP contribution in [0.5, 0.6) is 0 Å². The first kappa shape index (κ1) is 23.8. The molecule has 3 N–H and O–H groups in total. The Hall–Kier alpha value is -3.97. The Morgan fingerprint density at radius 3 is 2.17 bits per heavy atom. The van der Waals surface area contributed by atoms with Gasteiger partial charge in [-0.2, -0.15) is 0 Å². The van der Waals surface area contributed by atoms with Crippen LogP contribution in [0.1, 0.15) is 43.9 Å². The number of anilines is 1. The van der Waals surface area contributed by atoms with Gasteiger partial charge in [-0.05, 0) is 54.2 Å². The first-order chi connectivity index (χ1) is 17.3. The summed E-state index contributed by atoms with van der Waals surface area (Å²) in [4.78, 5) is 52.4. The molecule has 1 aliphatic carbocycles. The van der Waals surface area contributed by atoms with Gasteiger partial charge in [-0.3, -0.25) is 24.1 Å². The number of carbonyl (C=O) groups is 4. The van der Waals surface area contributed by atoms with Gasteiger partial charge in [-0.15, -0.1) is 0 Å². The smallest absolute Gasteiger partial charge is 0.307 e. The third kappa shape index (κ3) is 4.05. The first-order valence-electron chi connectivity index (χ1n) is 11.6. The molecular weight excluding hydrogens is 480 g/mol. The second-order valence-corrected chi connectivity index (χ2v) is 9.68. The average Bonchev–Trinajstić information content (AvgIpc) is 3.40. The van der Waals surface area contributed by atoms with E-state index < -0.39 is 35.5 Å². The average molecular weight is 503 g/mol. The first-order valence-corrected chi connectivity index (χ1v) is 12.0. The van der Waals surface area contributed by atoms with Gasteiger partial charge in [0.15, 0.2) is 5.78 Å². The number of halogens is 1. The molecule has 8 heteroatoms. The zero-order chi connectivity index (χ0) is 25.6. The van der Waals surface area contributed by atoms with Gasteiger partial charge in [-0.25, -0.2) is 0 Å². The fourth-order valence-corrected chi connectivity index (χ4v) is 5.52. The minimum Gasteiger partial charge on any atom is -0.481 e. The van der Waals surface area contributed by atoms with Crippen LogP contribution in [-0.4, -0.2) is 40.1 Å². The Morgan fingerprint density at radius 2 is 1.56 bits per heavy atom. The van der Waals surface area contributed by atoms with Crippen molar-refractivity contribution in [2.75, 3.05) is 12.3 Å². The number of rotatable bonds is 6. The topological polar surface area (TPSA) is 118 Å². The minimum absolute atomic E-state index is 0.0674. The lowest BCUT2D eigenvalue weighted by Crippen LogP contribution is -2.39. The molecule has 3 atom stereocenters. The Balaban J connectivity index is 1.34. The summed E-state index contributed by atoms with van der Waals surface area (Å²) in [6.07, 6.45) is 0.782. The summed E-state index contributed by atoms with van der Waals surface area (Å²) in [7, 11) is 0. The van der Waals surface area contributed by atoms with Crippen molar-refractivity contribution in [2.24, 2.45) is 17.8 Å². The van der Waals surface area contributed by atoms with Crippen molar-refractivity contribution in [1.29, 1.82) is 0 Å². The van der Waals surface area contributed by atoms with Crippen LogP contribution in [-0.2, 0) is 4.79 Å². The molecule has 2 amide bonds. The summed E-state index contributed by atoms with van der Waals surface area (Å²) in [6.45, 7) is -0.0674. The van der Waals surface area contributed by atoms with Gasteiger partial charge in [0, 0.05) is 28.7 Å². The summed E-state index contributed by atoms with van der Waals surface area (Å²) >= 11 is 5.95. The molecule has 0 spiro atoms. The third-order valence-electron chi connectivity index (χ3n) is 7.21. The van der Waals surface area contributed by atoms with Crippen molar-refractivity contribution in [3.8, 4) is 11.1 Å². The van der Waals surface area contributed by atoms with E-state index in [0.29, 0.717) is 23.4 Å². The number of imide groups is 1. The second-order valence-electron chi connectivity index (χ2n) is 9.25. The van der Waals surface area contributed by atoms with E-state index in [4.69, 9.17) is 17.3 Å². The highest BCUT2D eigenvalue weighted by atomic mass is 35.5. The summed E-state index contributed by atoms with van der Waals surface area (Å²) in [5.41, 5.74) is 8.78. The zero-order valence-electron chi connectivity index (χ0n) is 19.2. The highest BCUT2D eigenvalue weighted by Crippen LogP contribution is 2.41. The van der Waals surface area contributed by atoms with Crippen molar-refractivity contribution < 1.29 is 24.3 Å². The molecule has 0 aromatic heterocycles. The normalized spacial score (nSPS) is 21.0. The van der Waals surface area contributed by atoms with Crippen LogP contribution in [0.2, 0.25) is 5.02 Å². The highest BCUT2D eigenvalue weighted by molar-refractivity contribution is 6.30. The van der Waals surface area contributed by atoms with Gasteiger partial charge >= 0.3 is 5.97 Å². The molecule has 0 bridgehead atoms. The largest absolute Gasteiger partial charge is 0.481 e. The van der Waals surface area contributed by atoms with Crippen LogP contribution in [0, 0.1) is 17.8 Å². The van der Waals surface area contributed by atoms with Crippen LogP contribution in [0.3, 0.4) is 0 Å². The number of Topliss-reactive ketones (excluding diaryl/α,β-unsaturated/α-hetero) is 1. The van der Waals surface area contributed by atoms with Crippen LogP contribution >= 0.6 is 11.6 Å². The molecule has 0 saturated heterocycles. The number of carbonyl (C=O) groups excluding carboxylic acids is 3. The number of amides is 2. The molecule has 7 nitrogen and oxygen atoms in total. The third-order valence-corrected chi connectivity index (χ3v) is 7.46. The van der Waals surface area contributed by atoms with Crippen LogP contribution < -0.4 is 5.73 Å². The zero-order valence-corrected chi connectivity index (χ0v) is 19.9. The monoisotopic (exact) mass is 502 g/mol. The van der Waals surface area contributed by atoms with E-state index >= 15 is 0 Å². The molecule has 0 radical (unpaired) electrons. The molecule has 1 heterocycles. The van der Waals surface area contributed by atoms with Crippen molar-refractivity contribution in [2.45, 2.75) is 12.8 Å². The van der Waals surface area contributed by atoms with Gasteiger partial charge in [0.1, 0.15) is 0 Å². The lowest BCUT2D eigenvalue weighted by atomic mass is 9.84. The predicted molar refractivity (Wildman–Crippen MR) is 135 cm³/mol. The predicted octanol–water partition coefficient (Wildman–Crippen LogP) is 4.80. The number of nitrogens with zero attached hydrogens (tertiary/aromatic N) is 1. The summed E-state index contributed by atoms with van der Waals surface area (Å²) < 4.78 is 0. The minimum atomic E-state index is -1.11. The molecule has 2 aliphatic rings. The molecule has 182 valence electrons. The van der Waals surface area contributed by atoms with E-state index in [0.717, 1.165) is 16.0 Å². The second kappa shape index (κ2) is 9.24. The lowest BCUT2D eigenvalue weighted by Gasteiger charge is -2.24. The maximum Gasteiger partial charge on any atom is 0.307 e. The summed E-state index contributed by atoms with van der Waals surface area (Å²) in [5, 5.41) is 10.6. The quantitative estimate of drug-likeness (QED) is 0.284. The number of hydrogen-bond acceptors (Lipinski definition) is 5. The van der Waals surface area contributed by atoms with Crippen molar-refractivity contribution in [1.82, 2.24) is 4.90 Å². The fourth-order valence-electron chi connectivity index (χ4n) is 5.40. The highest BCUT2D eigenvalue weighted by Gasteiger charge is 2.48. The van der Waals surface area contributed by atoms with Crippen molar-refractivity contribution in [3.63, 3.8) is 0 Å². The number of carboxylic acids is 1. The van der Waals surface area contributed by atoms with E-state index in [1.165, 1.54) is 6.07 Å². The summed E-state index contributed by atoms with van der Waals surface area (Å²) in [6, 6.07) is 19.1. The molecule has 5 rings (SSSR count). The number of carboxylic acid groups (broad SMARTS) is 1. The van der Waals surface area contributed by atoms with E-state index in [2.05, 4.69) is 0 Å². The Labute approximate surface area is 212 Å². The van der Waals surface area contributed by atoms with Crippen molar-refractivity contribution in [3.05, 3.63) is 88.4 Å². The van der Waals surface area contributed by atoms with E-state index in [1.807, 2.05) is 24.3 Å². The van der Waals surface area contributed by atoms with Gasteiger partial charge in [0.25, 0.3) is 11.8 Å². The molecule has 1 aliphatic heterocycles. The number of aliphatic carboxylic acids is 1. The van der Waals surface area contributed by atoms with Gasteiger partial charge in [0.05, 0.1) is 17.0 Å². The molecule has 1 fully saturated rings. The number of benzene rings is 3. The van der Waals surface area contributed by atoms with Crippen LogP contribution in [0.15, 0.2) is 66.7 Å². The molecule has 1 saturated carbocycles. The Morgan fingerprint density at radius 1 is 0.917 bits per heavy atom. The number of hydrogen-bond donors (Lipinski definition) is 2. The van der Waals surface area contributed by atoms with Crippen LogP contribution in [0.4, 0.5) is 5.69 Å². The number of nitrogens with two attached hydrogens (primary N) is 1. The molecule has 3 aromatic carbocycles. The SMILES string of the molecule is Nc1cccc2c1C(=O)N(C[C@@H]1CC[C@H](C(=O)c3ccc(-c4ccc(Cl)cc4)cc3)[C@H]1C(=O)O)C2=O. The Bertz CT molecular complexity index is 1380. The van der Waals surface area contributed by atoms with Gasteiger partial charge < -0.3 is 10.8 Å². The fraction of sp³-hybridized carbons (Fsp3) is 0.214. The van der Waals surface area contributed by atoms with Gasteiger partial charge in [0.2, 0.25) is 0 Å². The lowest BCUT2D eigenvalue weighted by molar-refractivity contribution is -0.144. The van der Waals surface area contributed by atoms with E-state index in [9.17, 15) is 24.3 Å². The maximum atomic E-state index is 13.3. The number of fused-ring (bicyclic) bond motifs is 1. The Kier molecular flexibility index (Phi) is 6.10. The van der Waals surface area contributed by atoms with Gasteiger partial charge in [-0.1, -0.05) is 54.1 Å². The molecular formula is C28H23ClN2O5. The van der Waals surface area contributed by atoms with Crippen molar-refractivity contribution >= 4 is 40.9 Å². The molecule has 0 unspecified atom stereocenters. The molecule has 36 heavy (non-hydrogen) atoms. The number of nitrogen functional groups attached to an aromatic ring is 1. The molecule has 3 aromatic rings. The number of ketones is 1. The van der Waals surface area contributed by atoms with E-state index in [-0.39, 0.29) is 29.1 Å². The van der Waals surface area contributed by atoms with E-state index in [1.54, 1.807) is 36.4 Å².